The van der Waals surface area contributed by atoms with Gasteiger partial charge in [-0.05, 0) is 79.0 Å². The third-order valence-electron chi connectivity index (χ3n) is 10.8. The zero-order valence-corrected chi connectivity index (χ0v) is 32.6. The molecule has 7 rings (SSSR count). The largest absolute Gasteiger partial charge is 0.437 e. The second kappa shape index (κ2) is 13.2. The van der Waals surface area contributed by atoms with Crippen LogP contribution in [0.2, 0.25) is 19.6 Å². The van der Waals surface area contributed by atoms with Gasteiger partial charge in [0.15, 0.2) is 11.8 Å². The van der Waals surface area contributed by atoms with E-state index in [0.29, 0.717) is 11.8 Å². The Morgan fingerprint density at radius 3 is 2.42 bits per heavy atom. The average molecular weight is 682 g/mol. The molecule has 0 saturated heterocycles. The van der Waals surface area contributed by atoms with E-state index in [2.05, 4.69) is 131 Å². The van der Waals surface area contributed by atoms with E-state index in [4.69, 9.17) is 16.0 Å². The summed E-state index contributed by atoms with van der Waals surface area (Å²) in [4.78, 5) is 5.01. The van der Waals surface area contributed by atoms with Gasteiger partial charge in [-0.3, -0.25) is 0 Å². The number of nitrogens with zero attached hydrogens (tertiary/aromatic N) is 3. The normalized spacial score (nSPS) is 17.8. The van der Waals surface area contributed by atoms with E-state index in [-0.39, 0.29) is 12.0 Å². The number of aromatic nitrogens is 2. The Labute approximate surface area is 300 Å². The van der Waals surface area contributed by atoms with Gasteiger partial charge in [0.05, 0.1) is 19.6 Å². The summed E-state index contributed by atoms with van der Waals surface area (Å²) in [6.07, 6.45) is 9.55. The fourth-order valence-corrected chi connectivity index (χ4v) is 10.4. The van der Waals surface area contributed by atoms with Gasteiger partial charge in [-0.1, -0.05) is 91.2 Å². The third kappa shape index (κ3) is 5.91. The van der Waals surface area contributed by atoms with Crippen molar-refractivity contribution in [3.05, 3.63) is 114 Å². The lowest BCUT2D eigenvalue weighted by Crippen LogP contribution is -2.55. The van der Waals surface area contributed by atoms with Gasteiger partial charge in [0, 0.05) is 45.8 Å². The Hall–Kier alpha value is -4.09. The highest BCUT2D eigenvalue weighted by Crippen LogP contribution is 2.45. The zero-order valence-electron chi connectivity index (χ0n) is 31.6. The molecule has 0 aliphatic carbocycles. The number of rotatable bonds is 8. The molecule has 0 fully saturated rings. The Balaban J connectivity index is 1.50. The van der Waals surface area contributed by atoms with Gasteiger partial charge in [0.25, 0.3) is 0 Å². The van der Waals surface area contributed by atoms with Crippen LogP contribution in [-0.4, -0.2) is 29.9 Å². The van der Waals surface area contributed by atoms with Crippen LogP contribution in [0.5, 0.6) is 0 Å². The minimum Gasteiger partial charge on any atom is -0.437 e. The molecule has 2 unspecified atom stereocenters. The fourth-order valence-electron chi connectivity index (χ4n) is 8.74. The highest BCUT2D eigenvalue weighted by atomic mass is 28.3. The first-order valence-electron chi connectivity index (χ1n) is 18.9. The van der Waals surface area contributed by atoms with Crippen molar-refractivity contribution >= 4 is 41.0 Å². The van der Waals surface area contributed by atoms with Crippen molar-refractivity contribution in [3.8, 4) is 11.3 Å². The van der Waals surface area contributed by atoms with E-state index in [1.165, 1.54) is 27.9 Å². The van der Waals surface area contributed by atoms with Crippen molar-refractivity contribution < 1.29 is 13.6 Å². The zero-order chi connectivity index (χ0) is 35.5. The molecule has 50 heavy (non-hydrogen) atoms. The predicted octanol–water partition coefficient (Wildman–Crippen LogP) is 10.1. The molecule has 4 nitrogen and oxygen atoms in total. The van der Waals surface area contributed by atoms with Gasteiger partial charge < -0.3 is 4.42 Å². The van der Waals surface area contributed by atoms with Crippen molar-refractivity contribution in [3.63, 3.8) is 0 Å². The van der Waals surface area contributed by atoms with Gasteiger partial charge in [-0.25, -0.2) is 4.98 Å². The maximum atomic E-state index is 6.80. The van der Waals surface area contributed by atoms with Crippen molar-refractivity contribution in [2.24, 2.45) is 11.8 Å². The third-order valence-corrected chi connectivity index (χ3v) is 12.9. The lowest BCUT2D eigenvalue weighted by molar-refractivity contribution is -0.727. The van der Waals surface area contributed by atoms with Gasteiger partial charge in [0.1, 0.15) is 6.54 Å². The van der Waals surface area contributed by atoms with Gasteiger partial charge in [0.2, 0.25) is 28.9 Å². The Kier molecular flexibility index (Phi) is 9.09. The van der Waals surface area contributed by atoms with E-state index in [1.54, 1.807) is 5.19 Å². The number of benzene rings is 2. The summed E-state index contributed by atoms with van der Waals surface area (Å²) in [5, 5.41) is 3.75. The molecule has 5 heterocycles. The van der Waals surface area contributed by atoms with Crippen LogP contribution in [0, 0.1) is 11.8 Å². The lowest BCUT2D eigenvalue weighted by Gasteiger charge is -2.32. The second-order valence-corrected chi connectivity index (χ2v) is 21.6. The molecule has 2 atom stereocenters. The van der Waals surface area contributed by atoms with Crippen molar-refractivity contribution in [1.82, 2.24) is 4.98 Å². The maximum absolute atomic E-state index is 6.80. The van der Waals surface area contributed by atoms with Gasteiger partial charge in [-0.2, -0.15) is 9.14 Å². The van der Waals surface area contributed by atoms with E-state index in [0.717, 1.165) is 83.4 Å². The molecule has 0 amide bonds. The molecule has 5 aromatic rings. The molecule has 0 radical (unpaired) electrons. The summed E-state index contributed by atoms with van der Waals surface area (Å²) in [7, 11) is -1.68. The van der Waals surface area contributed by atoms with Crippen LogP contribution < -0.4 is 9.75 Å². The highest BCUT2D eigenvalue weighted by molar-refractivity contribution is 6.89. The highest BCUT2D eigenvalue weighted by Gasteiger charge is 2.48. The van der Waals surface area contributed by atoms with Gasteiger partial charge >= 0.3 is 0 Å². The number of allylic oxidation sites excluding steroid dienone is 2. The Bertz CT molecular complexity index is 2180. The average Bonchev–Trinajstić information content (AvgIpc) is 3.45. The first-order chi connectivity index (χ1) is 23.9. The molecule has 0 saturated carbocycles. The lowest BCUT2D eigenvalue weighted by atomic mass is 9.78. The number of aryl methyl sites for hydroxylation is 1. The number of hydrogen-bond acceptors (Lipinski definition) is 2. The summed E-state index contributed by atoms with van der Waals surface area (Å²) in [6.45, 7) is 29.2. The molecule has 2 aliphatic rings. The number of fused-ring (bicyclic) bond motifs is 11. The van der Waals surface area contributed by atoms with Crippen molar-refractivity contribution in [2.45, 2.75) is 98.3 Å². The van der Waals surface area contributed by atoms with Crippen LogP contribution in [0.25, 0.3) is 33.3 Å². The first-order valence-corrected chi connectivity index (χ1v) is 22.4. The van der Waals surface area contributed by atoms with Gasteiger partial charge in [-0.15, -0.1) is 0 Å². The van der Waals surface area contributed by atoms with Crippen LogP contribution in [0.3, 0.4) is 0 Å². The van der Waals surface area contributed by atoms with Crippen molar-refractivity contribution in [1.29, 1.82) is 0 Å². The summed E-state index contributed by atoms with van der Waals surface area (Å²) >= 11 is 0. The smallest absolute Gasteiger partial charge is 0.247 e. The van der Waals surface area contributed by atoms with Crippen LogP contribution in [0.1, 0.15) is 87.4 Å². The SMILES string of the molecule is C=CC1=[N+](CCC)C(=C)C2C(CCc3ccc4c(oc5nc(CC(C)C)ccc54)c31)c1ccccc1-c1cc(CC(C)C)c([Si](C)(C)C)c[n+]12. The predicted molar refractivity (Wildman–Crippen MR) is 213 cm³/mol. The Morgan fingerprint density at radius 1 is 0.980 bits per heavy atom. The summed E-state index contributed by atoms with van der Waals surface area (Å²) in [5.41, 5.74) is 13.0. The first kappa shape index (κ1) is 34.4. The van der Waals surface area contributed by atoms with Crippen LogP contribution in [-0.2, 0) is 19.3 Å². The monoisotopic (exact) mass is 681 g/mol. The number of hydrogen-bond donors (Lipinski definition) is 0. The molecule has 2 aliphatic heterocycles. The summed E-state index contributed by atoms with van der Waals surface area (Å²) < 4.78 is 11.9. The molecule has 5 heteroatoms. The van der Waals surface area contributed by atoms with Crippen LogP contribution >= 0.6 is 0 Å². The Morgan fingerprint density at radius 2 is 1.72 bits per heavy atom. The van der Waals surface area contributed by atoms with E-state index in [1.807, 2.05) is 6.08 Å². The molecular formula is C45H55N3OSi+2. The maximum Gasteiger partial charge on any atom is 0.247 e. The minimum absolute atomic E-state index is 0.0744. The molecule has 0 bridgehead atoms. The topological polar surface area (TPSA) is 32.9 Å². The van der Waals surface area contributed by atoms with Crippen LogP contribution in [0.15, 0.2) is 90.1 Å². The number of furan rings is 1. The summed E-state index contributed by atoms with van der Waals surface area (Å²) in [5.74, 6) is 1.39. The molecule has 0 N–H and O–H groups in total. The van der Waals surface area contributed by atoms with E-state index >= 15 is 0 Å². The summed E-state index contributed by atoms with van der Waals surface area (Å²) in [6, 6.07) is 20.7. The van der Waals surface area contributed by atoms with E-state index < -0.39 is 8.07 Å². The second-order valence-electron chi connectivity index (χ2n) is 16.6. The standard InChI is InChI=1S/C45H55N3OSi/c1-11-23-47-30(7)43-36(34-15-13-14-16-35(34)40-26-32(24-28(3)4)41(27-48(40)43)50(8,9)10)20-17-31-18-21-37-38-22-19-33(25-29(5)6)46-45(38)49-44(37)42(31)39(47)12-2/h12-16,18-19,21-22,26-29,36,43H,2,7,11,17,20,23-25H2,1,3-6,8-10H3/q+2. The minimum atomic E-state index is -1.68. The van der Waals surface area contributed by atoms with Crippen molar-refractivity contribution in [2.75, 3.05) is 6.54 Å². The van der Waals surface area contributed by atoms with E-state index in [9.17, 15) is 0 Å². The molecular weight excluding hydrogens is 627 g/mol. The quantitative estimate of drug-likeness (QED) is 0.121. The molecule has 2 aromatic carbocycles. The van der Waals surface area contributed by atoms with Crippen LogP contribution in [0.4, 0.5) is 0 Å². The number of pyridine rings is 2. The molecule has 0 spiro atoms. The fraction of sp³-hybridized carbons (Fsp3) is 0.400. The molecule has 258 valence electrons. The molecule has 3 aromatic heterocycles.